The van der Waals surface area contributed by atoms with E-state index in [1.54, 1.807) is 37.3 Å². The largest absolute Gasteiger partial charge is 0.462 e. The normalized spacial score (nSPS) is 23.8. The van der Waals surface area contributed by atoms with Gasteiger partial charge in [-0.2, -0.15) is 0 Å². The van der Waals surface area contributed by atoms with Gasteiger partial charge in [-0.15, -0.1) is 0 Å². The molecule has 2 heterocycles. The van der Waals surface area contributed by atoms with E-state index in [1.807, 2.05) is 18.2 Å². The van der Waals surface area contributed by atoms with Crippen LogP contribution in [0.25, 0.3) is 0 Å². The number of anilines is 1. The number of carbonyl (C=O) groups excluding carboxylic acids is 3. The molecule has 8 heteroatoms. The van der Waals surface area contributed by atoms with Crippen LogP contribution < -0.4 is 11.1 Å². The molecule has 0 fully saturated rings. The summed E-state index contributed by atoms with van der Waals surface area (Å²) in [7, 11) is 0. The lowest BCUT2D eigenvalue weighted by Gasteiger charge is -2.40. The Hall–Kier alpha value is -3.58. The van der Waals surface area contributed by atoms with E-state index in [-0.39, 0.29) is 47.5 Å². The van der Waals surface area contributed by atoms with Crippen LogP contribution in [0, 0.1) is 0 Å². The SMILES string of the molecule is CCOC(=O)C1=C(N)OC2=C(C(=O)C[C@@H](c3cccc(Cl)c3)C2)[C@]12C(=O)Nc1ccccc12. The predicted octanol–water partition coefficient (Wildman–Crippen LogP) is 3.69. The number of fused-ring (bicyclic) bond motifs is 3. The average molecular weight is 465 g/mol. The molecule has 2 atom stereocenters. The Bertz CT molecular complexity index is 1280. The summed E-state index contributed by atoms with van der Waals surface area (Å²) in [6.07, 6.45) is 0.463. The lowest BCUT2D eigenvalue weighted by molar-refractivity contribution is -0.141. The molecule has 0 radical (unpaired) electrons. The molecule has 168 valence electrons. The number of hydrogen-bond acceptors (Lipinski definition) is 6. The first kappa shape index (κ1) is 21.3. The first-order valence-electron chi connectivity index (χ1n) is 10.7. The van der Waals surface area contributed by atoms with E-state index in [1.165, 1.54) is 0 Å². The maximum atomic E-state index is 13.7. The Labute approximate surface area is 195 Å². The highest BCUT2D eigenvalue weighted by molar-refractivity contribution is 6.30. The van der Waals surface area contributed by atoms with Crippen LogP contribution in [0.1, 0.15) is 36.8 Å². The number of para-hydroxylation sites is 1. The fraction of sp³-hybridized carbons (Fsp3) is 0.240. The molecule has 1 spiro atoms. The standard InChI is InChI=1S/C25H21ClN2O5/c1-2-32-23(30)21-22(27)33-19-12-14(13-6-5-7-15(26)10-13)11-18(29)20(19)25(21)16-8-3-4-9-17(16)28-24(25)31/h3-10,14H,2,11-12,27H2,1H3,(H,28,31)/t14-,25+/m1/s1. The molecule has 1 amide bonds. The molecule has 2 aromatic rings. The number of ketones is 1. The number of ether oxygens (including phenoxy) is 2. The van der Waals surface area contributed by atoms with Crippen LogP contribution in [0.4, 0.5) is 5.69 Å². The Morgan fingerprint density at radius 2 is 2.00 bits per heavy atom. The van der Waals surface area contributed by atoms with Crippen molar-refractivity contribution in [1.29, 1.82) is 0 Å². The van der Waals surface area contributed by atoms with E-state index in [2.05, 4.69) is 5.32 Å². The summed E-state index contributed by atoms with van der Waals surface area (Å²) >= 11 is 6.16. The first-order chi connectivity index (χ1) is 15.9. The summed E-state index contributed by atoms with van der Waals surface area (Å²) in [6.45, 7) is 1.73. The van der Waals surface area contributed by atoms with Gasteiger partial charge in [-0.25, -0.2) is 4.79 Å². The number of amides is 1. The second kappa shape index (κ2) is 7.78. The fourth-order valence-electron chi connectivity index (χ4n) is 5.09. The van der Waals surface area contributed by atoms with Crippen molar-refractivity contribution in [3.8, 4) is 0 Å². The number of hydrogen-bond donors (Lipinski definition) is 2. The quantitative estimate of drug-likeness (QED) is 0.671. The van der Waals surface area contributed by atoms with Gasteiger partial charge in [0.1, 0.15) is 16.7 Å². The Morgan fingerprint density at radius 3 is 2.76 bits per heavy atom. The molecule has 0 saturated carbocycles. The second-order valence-corrected chi connectivity index (χ2v) is 8.63. The number of nitrogens with one attached hydrogen (secondary N) is 1. The highest BCUT2D eigenvalue weighted by Gasteiger charge is 2.62. The van der Waals surface area contributed by atoms with Crippen molar-refractivity contribution in [3.63, 3.8) is 0 Å². The third-order valence-corrected chi connectivity index (χ3v) is 6.61. The minimum Gasteiger partial charge on any atom is -0.462 e. The summed E-state index contributed by atoms with van der Waals surface area (Å²) < 4.78 is 11.1. The van der Waals surface area contributed by atoms with Gasteiger partial charge in [0.2, 0.25) is 11.8 Å². The molecule has 3 aliphatic rings. The Balaban J connectivity index is 1.72. The third kappa shape index (κ3) is 3.07. The van der Waals surface area contributed by atoms with Crippen molar-refractivity contribution >= 4 is 34.9 Å². The molecule has 5 rings (SSSR count). The summed E-state index contributed by atoms with van der Waals surface area (Å²) in [5.41, 5.74) is 6.37. The third-order valence-electron chi connectivity index (χ3n) is 6.37. The maximum Gasteiger partial charge on any atom is 0.341 e. The molecule has 1 aliphatic carbocycles. The van der Waals surface area contributed by atoms with Crippen LogP contribution >= 0.6 is 11.6 Å². The molecule has 2 aromatic carbocycles. The van der Waals surface area contributed by atoms with Gasteiger partial charge in [-0.3, -0.25) is 9.59 Å². The zero-order valence-corrected chi connectivity index (χ0v) is 18.6. The molecule has 7 nitrogen and oxygen atoms in total. The van der Waals surface area contributed by atoms with Gasteiger partial charge in [0, 0.05) is 29.1 Å². The highest BCUT2D eigenvalue weighted by atomic mass is 35.5. The lowest BCUT2D eigenvalue weighted by atomic mass is 9.63. The average Bonchev–Trinajstić information content (AvgIpc) is 3.05. The van der Waals surface area contributed by atoms with Crippen molar-refractivity contribution in [3.05, 3.63) is 87.5 Å². The van der Waals surface area contributed by atoms with Crippen molar-refractivity contribution in [2.45, 2.75) is 31.1 Å². The van der Waals surface area contributed by atoms with Crippen LogP contribution in [-0.2, 0) is 29.3 Å². The number of halogens is 1. The molecular formula is C25H21ClN2O5. The van der Waals surface area contributed by atoms with Crippen molar-refractivity contribution in [2.24, 2.45) is 5.73 Å². The zero-order chi connectivity index (χ0) is 23.3. The van der Waals surface area contributed by atoms with Crippen LogP contribution in [0.5, 0.6) is 0 Å². The van der Waals surface area contributed by atoms with E-state index >= 15 is 0 Å². The number of benzene rings is 2. The Kier molecular flexibility index (Phi) is 5.01. The van der Waals surface area contributed by atoms with Gasteiger partial charge < -0.3 is 20.5 Å². The number of rotatable bonds is 3. The number of esters is 1. The summed E-state index contributed by atoms with van der Waals surface area (Å²) in [4.78, 5) is 40.3. The molecule has 0 bridgehead atoms. The summed E-state index contributed by atoms with van der Waals surface area (Å²) in [5.74, 6) is -1.77. The molecule has 0 unspecified atom stereocenters. The predicted molar refractivity (Wildman–Crippen MR) is 121 cm³/mol. The van der Waals surface area contributed by atoms with Crippen LogP contribution in [0.2, 0.25) is 5.02 Å². The minimum atomic E-state index is -1.73. The summed E-state index contributed by atoms with van der Waals surface area (Å²) in [6, 6.07) is 14.2. The smallest absolute Gasteiger partial charge is 0.341 e. The van der Waals surface area contributed by atoms with Gasteiger partial charge in [-0.1, -0.05) is 41.9 Å². The van der Waals surface area contributed by atoms with Crippen molar-refractivity contribution in [1.82, 2.24) is 0 Å². The molecule has 3 N–H and O–H groups in total. The molecular weight excluding hydrogens is 444 g/mol. The summed E-state index contributed by atoms with van der Waals surface area (Å²) in [5, 5.41) is 3.38. The van der Waals surface area contributed by atoms with E-state index < -0.39 is 17.3 Å². The highest BCUT2D eigenvalue weighted by Crippen LogP contribution is 2.55. The monoisotopic (exact) mass is 464 g/mol. The molecule has 0 aromatic heterocycles. The van der Waals surface area contributed by atoms with Crippen molar-refractivity contribution < 1.29 is 23.9 Å². The second-order valence-electron chi connectivity index (χ2n) is 8.19. The number of allylic oxidation sites excluding steroid dienone is 1. The molecule has 2 aliphatic heterocycles. The number of Topliss-reactive ketones (excluding diaryl/α,β-unsaturated/α-hetero) is 1. The van der Waals surface area contributed by atoms with E-state index in [0.29, 0.717) is 22.7 Å². The zero-order valence-electron chi connectivity index (χ0n) is 17.8. The van der Waals surface area contributed by atoms with E-state index in [4.69, 9.17) is 26.8 Å². The first-order valence-corrected chi connectivity index (χ1v) is 11.0. The molecule has 33 heavy (non-hydrogen) atoms. The van der Waals surface area contributed by atoms with Gasteiger partial charge in [0.05, 0.1) is 12.2 Å². The number of carbonyl (C=O) groups is 3. The van der Waals surface area contributed by atoms with Gasteiger partial charge in [0.25, 0.3) is 0 Å². The van der Waals surface area contributed by atoms with Crippen LogP contribution in [0.15, 0.2) is 71.3 Å². The van der Waals surface area contributed by atoms with E-state index in [0.717, 1.165) is 5.56 Å². The van der Waals surface area contributed by atoms with Crippen molar-refractivity contribution in [2.75, 3.05) is 11.9 Å². The van der Waals surface area contributed by atoms with Gasteiger partial charge >= 0.3 is 5.97 Å². The Morgan fingerprint density at radius 1 is 1.21 bits per heavy atom. The lowest BCUT2D eigenvalue weighted by Crippen LogP contribution is -2.49. The maximum absolute atomic E-state index is 13.7. The van der Waals surface area contributed by atoms with Gasteiger partial charge in [0.15, 0.2) is 5.78 Å². The van der Waals surface area contributed by atoms with Gasteiger partial charge in [-0.05, 0) is 36.6 Å². The van der Waals surface area contributed by atoms with Crippen LogP contribution in [0.3, 0.4) is 0 Å². The topological polar surface area (TPSA) is 108 Å². The number of nitrogens with two attached hydrogens (primary N) is 1. The fourth-order valence-corrected chi connectivity index (χ4v) is 5.29. The molecule has 0 saturated heterocycles. The minimum absolute atomic E-state index is 0.0751. The van der Waals surface area contributed by atoms with E-state index in [9.17, 15) is 14.4 Å². The van der Waals surface area contributed by atoms with Crippen LogP contribution in [-0.4, -0.2) is 24.3 Å².